The van der Waals surface area contributed by atoms with E-state index in [-0.39, 0.29) is 11.5 Å². The third-order valence-electron chi connectivity index (χ3n) is 4.32. The molecule has 0 unspecified atom stereocenters. The quantitative estimate of drug-likeness (QED) is 0.645. The average molecular weight is 338 g/mol. The second-order valence-corrected chi connectivity index (χ2v) is 6.38. The summed E-state index contributed by atoms with van der Waals surface area (Å²) in [7, 11) is 1.54. The lowest BCUT2D eigenvalue weighted by atomic mass is 10.0. The molecule has 0 aliphatic carbocycles. The summed E-state index contributed by atoms with van der Waals surface area (Å²) in [5, 5.41) is 20.7. The molecule has 0 fully saturated rings. The summed E-state index contributed by atoms with van der Waals surface area (Å²) in [5.41, 5.74) is 3.97. The summed E-state index contributed by atoms with van der Waals surface area (Å²) >= 11 is 0. The molecule has 1 aliphatic heterocycles. The van der Waals surface area contributed by atoms with Crippen molar-refractivity contribution in [1.29, 1.82) is 0 Å². The summed E-state index contributed by atoms with van der Waals surface area (Å²) in [6, 6.07) is 5.35. The van der Waals surface area contributed by atoms with E-state index < -0.39 is 0 Å². The first kappa shape index (κ1) is 17.0. The number of methoxy groups -OCH3 is 1. The molecule has 1 heterocycles. The Hall–Kier alpha value is -2.88. The molecule has 1 aliphatic rings. The highest BCUT2D eigenvalue weighted by Gasteiger charge is 2.22. The van der Waals surface area contributed by atoms with Gasteiger partial charge in [0.25, 0.3) is 0 Å². The molecule has 3 rings (SSSR count). The first-order valence-electron chi connectivity index (χ1n) is 8.17. The minimum absolute atomic E-state index is 0.142. The predicted molar refractivity (Wildman–Crippen MR) is 99.6 cm³/mol. The average Bonchev–Trinajstić information content (AvgIpc) is 2.75. The second kappa shape index (κ2) is 6.55. The van der Waals surface area contributed by atoms with E-state index in [0.29, 0.717) is 40.4 Å². The van der Waals surface area contributed by atoms with E-state index in [4.69, 9.17) is 9.47 Å². The van der Waals surface area contributed by atoms with Crippen molar-refractivity contribution in [3.05, 3.63) is 52.1 Å². The molecule has 0 saturated heterocycles. The normalized spacial score (nSPS) is 11.8. The third kappa shape index (κ3) is 3.07. The van der Waals surface area contributed by atoms with Crippen LogP contribution < -0.4 is 9.47 Å². The number of phenolic OH excluding ortho intramolecular Hbond substituents is 2. The van der Waals surface area contributed by atoms with Gasteiger partial charge in [0.15, 0.2) is 11.5 Å². The van der Waals surface area contributed by atoms with Crippen molar-refractivity contribution >= 4 is 12.2 Å². The summed E-state index contributed by atoms with van der Waals surface area (Å²) in [5.74, 6) is 1.92. The first-order chi connectivity index (χ1) is 11.9. The van der Waals surface area contributed by atoms with E-state index in [0.717, 1.165) is 5.56 Å². The molecule has 4 heteroatoms. The summed E-state index contributed by atoms with van der Waals surface area (Å²) in [4.78, 5) is 0. The van der Waals surface area contributed by atoms with Gasteiger partial charge in [0.05, 0.1) is 12.7 Å². The zero-order valence-electron chi connectivity index (χ0n) is 14.9. The number of fused-ring (bicyclic) bond motifs is 2. The first-order valence-corrected chi connectivity index (χ1v) is 8.17. The molecule has 0 saturated carbocycles. The van der Waals surface area contributed by atoms with E-state index in [9.17, 15) is 10.2 Å². The Morgan fingerprint density at radius 3 is 2.64 bits per heavy atom. The molecule has 0 spiro atoms. The number of aromatic hydroxyl groups is 2. The molecule has 0 aromatic heterocycles. The van der Waals surface area contributed by atoms with Crippen LogP contribution in [0.1, 0.15) is 36.1 Å². The Kier molecular flexibility index (Phi) is 4.45. The predicted octanol–water partition coefficient (Wildman–Crippen LogP) is 5.20. The van der Waals surface area contributed by atoms with E-state index >= 15 is 0 Å². The van der Waals surface area contributed by atoms with Crippen molar-refractivity contribution in [2.45, 2.75) is 27.2 Å². The molecule has 0 radical (unpaired) electrons. The molecule has 2 aromatic carbocycles. The van der Waals surface area contributed by atoms with Crippen molar-refractivity contribution in [2.75, 3.05) is 7.11 Å². The lowest BCUT2D eigenvalue weighted by Gasteiger charge is -2.16. The maximum Gasteiger partial charge on any atom is 0.177 e. The number of rotatable bonds is 3. The molecule has 2 aromatic rings. The van der Waals surface area contributed by atoms with Gasteiger partial charge in [0.2, 0.25) is 0 Å². The van der Waals surface area contributed by atoms with Gasteiger partial charge < -0.3 is 19.7 Å². The molecule has 0 amide bonds. The molecule has 4 nitrogen and oxygen atoms in total. The van der Waals surface area contributed by atoms with Gasteiger partial charge in [-0.2, -0.15) is 0 Å². The van der Waals surface area contributed by atoms with E-state index in [2.05, 4.69) is 6.08 Å². The standard InChI is InChI=1S/C21H22O4/c1-12(2)5-6-14-8-10-18-16(19(14)23)9-7-15-11-17(22)13(3)20(24-4)21(15)25-18/h5,7-11,22-23H,6H2,1-4H3. The SMILES string of the molecule is COc1c(C)c(O)cc2c1Oc1ccc(CC=C(C)C)c(O)c1C=C2. The Bertz CT molecular complexity index is 887. The molecule has 25 heavy (non-hydrogen) atoms. The number of benzene rings is 2. The van der Waals surface area contributed by atoms with Crippen LogP contribution in [0.3, 0.4) is 0 Å². The Morgan fingerprint density at radius 1 is 1.20 bits per heavy atom. The topological polar surface area (TPSA) is 58.9 Å². The highest BCUT2D eigenvalue weighted by atomic mass is 16.5. The van der Waals surface area contributed by atoms with Crippen LogP contribution in [0.15, 0.2) is 29.8 Å². The van der Waals surface area contributed by atoms with Crippen LogP contribution in [0, 0.1) is 6.92 Å². The van der Waals surface area contributed by atoms with Gasteiger partial charge >= 0.3 is 0 Å². The monoisotopic (exact) mass is 338 g/mol. The highest BCUT2D eigenvalue weighted by Crippen LogP contribution is 2.47. The molecular weight excluding hydrogens is 316 g/mol. The smallest absolute Gasteiger partial charge is 0.177 e. The Labute approximate surface area is 147 Å². The van der Waals surface area contributed by atoms with E-state index in [1.165, 1.54) is 5.57 Å². The fraction of sp³-hybridized carbons (Fsp3) is 0.238. The maximum atomic E-state index is 10.6. The van der Waals surface area contributed by atoms with Gasteiger partial charge in [0.1, 0.15) is 17.2 Å². The van der Waals surface area contributed by atoms with Crippen LogP contribution in [0.2, 0.25) is 0 Å². The zero-order valence-corrected chi connectivity index (χ0v) is 14.9. The number of hydrogen-bond donors (Lipinski definition) is 2. The van der Waals surface area contributed by atoms with Crippen molar-refractivity contribution in [3.8, 4) is 28.7 Å². The van der Waals surface area contributed by atoms with Gasteiger partial charge in [-0.15, -0.1) is 0 Å². The van der Waals surface area contributed by atoms with Crippen LogP contribution in [0.4, 0.5) is 0 Å². The number of allylic oxidation sites excluding steroid dienone is 2. The van der Waals surface area contributed by atoms with Crippen molar-refractivity contribution in [1.82, 2.24) is 0 Å². The third-order valence-corrected chi connectivity index (χ3v) is 4.32. The number of ether oxygens (including phenoxy) is 2. The van der Waals surface area contributed by atoms with Crippen LogP contribution >= 0.6 is 0 Å². The second-order valence-electron chi connectivity index (χ2n) is 6.38. The Morgan fingerprint density at radius 2 is 1.96 bits per heavy atom. The molecular formula is C21H22O4. The number of phenols is 2. The van der Waals surface area contributed by atoms with Gasteiger partial charge in [-0.1, -0.05) is 23.8 Å². The van der Waals surface area contributed by atoms with Gasteiger partial charge in [0, 0.05) is 11.1 Å². The van der Waals surface area contributed by atoms with Crippen molar-refractivity contribution in [2.24, 2.45) is 0 Å². The fourth-order valence-corrected chi connectivity index (χ4v) is 2.86. The van der Waals surface area contributed by atoms with Crippen molar-refractivity contribution < 1.29 is 19.7 Å². The summed E-state index contributed by atoms with van der Waals surface area (Å²) < 4.78 is 11.5. The lowest BCUT2D eigenvalue weighted by molar-refractivity contribution is 0.368. The van der Waals surface area contributed by atoms with Crippen LogP contribution in [0.5, 0.6) is 28.7 Å². The molecule has 0 bridgehead atoms. The molecule has 0 atom stereocenters. The van der Waals surface area contributed by atoms with Crippen LogP contribution in [-0.2, 0) is 6.42 Å². The number of hydrogen-bond acceptors (Lipinski definition) is 4. The fourth-order valence-electron chi connectivity index (χ4n) is 2.86. The van der Waals surface area contributed by atoms with Crippen LogP contribution in [-0.4, -0.2) is 17.3 Å². The van der Waals surface area contributed by atoms with E-state index in [1.807, 2.05) is 32.1 Å². The van der Waals surface area contributed by atoms with Crippen molar-refractivity contribution in [3.63, 3.8) is 0 Å². The Balaban J connectivity index is 2.11. The highest BCUT2D eigenvalue weighted by molar-refractivity contribution is 5.83. The molecule has 130 valence electrons. The maximum absolute atomic E-state index is 10.6. The lowest BCUT2D eigenvalue weighted by Crippen LogP contribution is -1.96. The molecule has 2 N–H and O–H groups in total. The van der Waals surface area contributed by atoms with Gasteiger partial charge in [-0.3, -0.25) is 0 Å². The van der Waals surface area contributed by atoms with Gasteiger partial charge in [-0.05, 0) is 51.0 Å². The van der Waals surface area contributed by atoms with Crippen LogP contribution in [0.25, 0.3) is 12.2 Å². The van der Waals surface area contributed by atoms with Gasteiger partial charge in [-0.25, -0.2) is 0 Å². The zero-order chi connectivity index (χ0) is 18.1. The minimum Gasteiger partial charge on any atom is -0.508 e. The summed E-state index contributed by atoms with van der Waals surface area (Å²) in [6.45, 7) is 5.83. The largest absolute Gasteiger partial charge is 0.508 e. The minimum atomic E-state index is 0.142. The van der Waals surface area contributed by atoms with E-state index in [1.54, 1.807) is 26.2 Å². The summed E-state index contributed by atoms with van der Waals surface area (Å²) in [6.07, 6.45) is 6.34.